The number of rotatable bonds is 20. The van der Waals surface area contributed by atoms with Crippen molar-refractivity contribution >= 4 is 8.07 Å². The molecular weight excluding hydrogens is 492 g/mol. The molecular formula is C36H60O2Si. The third-order valence-corrected chi connectivity index (χ3v) is 14.9. The van der Waals surface area contributed by atoms with Crippen molar-refractivity contribution in [1.82, 2.24) is 0 Å². The summed E-state index contributed by atoms with van der Waals surface area (Å²) in [5.41, 5.74) is 7.57. The molecule has 2 aromatic rings. The van der Waals surface area contributed by atoms with Crippen LogP contribution in [-0.2, 0) is 38.5 Å². The largest absolute Gasteiger partial charge is 0.507 e. The molecule has 0 spiro atoms. The molecule has 39 heavy (non-hydrogen) atoms. The van der Waals surface area contributed by atoms with E-state index in [0.717, 1.165) is 89.9 Å². The van der Waals surface area contributed by atoms with Crippen LogP contribution in [0.1, 0.15) is 126 Å². The van der Waals surface area contributed by atoms with Gasteiger partial charge in [0.05, 0.1) is 8.07 Å². The molecule has 0 amide bonds. The van der Waals surface area contributed by atoms with Gasteiger partial charge in [-0.3, -0.25) is 0 Å². The number of aryl methyl sites for hydroxylation is 6. The van der Waals surface area contributed by atoms with Crippen LogP contribution in [0.25, 0.3) is 0 Å². The first kappa shape index (κ1) is 33.5. The van der Waals surface area contributed by atoms with Gasteiger partial charge in [-0.15, -0.1) is 0 Å². The average molecular weight is 553 g/mol. The van der Waals surface area contributed by atoms with Crippen LogP contribution in [0.2, 0.25) is 24.2 Å². The summed E-state index contributed by atoms with van der Waals surface area (Å²) in [6.07, 6.45) is 15.4. The van der Waals surface area contributed by atoms with Gasteiger partial charge in [-0.25, -0.2) is 0 Å². The molecule has 0 unspecified atom stereocenters. The highest BCUT2D eigenvalue weighted by Crippen LogP contribution is 2.34. The normalized spacial score (nSPS) is 11.8. The van der Waals surface area contributed by atoms with Crippen LogP contribution in [0, 0.1) is 0 Å². The Morgan fingerprint density at radius 2 is 0.744 bits per heavy atom. The van der Waals surface area contributed by atoms with Crippen molar-refractivity contribution in [2.75, 3.05) is 0 Å². The Labute approximate surface area is 242 Å². The second-order valence-corrected chi connectivity index (χ2v) is 17.6. The molecule has 0 aliphatic rings. The maximum Gasteiger partial charge on any atom is 0.121 e. The SMILES string of the molecule is CCCCc1cc(CC[Si](CC)(CC)CCc2cc(CCCC)c(O)c(CCCC)c2)cc(CCCC)c1O. The molecule has 0 aliphatic carbocycles. The molecule has 0 aromatic heterocycles. The van der Waals surface area contributed by atoms with Crippen LogP contribution in [0.3, 0.4) is 0 Å². The smallest absolute Gasteiger partial charge is 0.121 e. The number of benzene rings is 2. The van der Waals surface area contributed by atoms with E-state index in [9.17, 15) is 10.2 Å². The number of phenolic OH excluding ortho intramolecular Hbond substituents is 2. The van der Waals surface area contributed by atoms with Crippen molar-refractivity contribution in [2.45, 2.75) is 156 Å². The summed E-state index contributed by atoms with van der Waals surface area (Å²) < 4.78 is 0. The van der Waals surface area contributed by atoms with Gasteiger partial charge >= 0.3 is 0 Å². The van der Waals surface area contributed by atoms with E-state index in [4.69, 9.17) is 0 Å². The highest BCUT2D eigenvalue weighted by atomic mass is 28.3. The monoisotopic (exact) mass is 552 g/mol. The summed E-state index contributed by atoms with van der Waals surface area (Å²) in [7, 11) is -1.43. The number of hydrogen-bond donors (Lipinski definition) is 2. The molecule has 3 heteroatoms. The van der Waals surface area contributed by atoms with Gasteiger partial charge in [0.2, 0.25) is 0 Å². The molecule has 0 radical (unpaired) electrons. The van der Waals surface area contributed by atoms with Crippen molar-refractivity contribution in [3.63, 3.8) is 0 Å². The third-order valence-electron chi connectivity index (χ3n) is 9.24. The fourth-order valence-corrected chi connectivity index (χ4v) is 9.89. The molecule has 0 aliphatic heterocycles. The summed E-state index contributed by atoms with van der Waals surface area (Å²) in [6, 6.07) is 14.6. The Morgan fingerprint density at radius 3 is 0.974 bits per heavy atom. The first-order chi connectivity index (χ1) is 18.9. The van der Waals surface area contributed by atoms with Gasteiger partial charge in [0.15, 0.2) is 0 Å². The second kappa shape index (κ2) is 17.8. The van der Waals surface area contributed by atoms with Gasteiger partial charge in [0, 0.05) is 0 Å². The van der Waals surface area contributed by atoms with Crippen LogP contribution >= 0.6 is 0 Å². The van der Waals surface area contributed by atoms with Crippen LogP contribution in [-0.4, -0.2) is 18.3 Å². The number of unbranched alkanes of at least 4 members (excludes halogenated alkanes) is 4. The van der Waals surface area contributed by atoms with Crippen LogP contribution in [0.4, 0.5) is 0 Å². The van der Waals surface area contributed by atoms with Gasteiger partial charge in [-0.05, 0) is 97.6 Å². The zero-order valence-corrected chi connectivity index (χ0v) is 27.4. The van der Waals surface area contributed by atoms with Gasteiger partial charge in [0.1, 0.15) is 11.5 Å². The maximum atomic E-state index is 11.0. The Hall–Kier alpha value is -1.74. The molecule has 2 aromatic carbocycles. The summed E-state index contributed by atoms with van der Waals surface area (Å²) in [5, 5.41) is 21.9. The summed E-state index contributed by atoms with van der Waals surface area (Å²) >= 11 is 0. The molecule has 2 N–H and O–H groups in total. The standard InChI is InChI=1S/C36H60O2Si/c1-7-13-17-31-25-29(26-32(35(31)37)18-14-8-2)21-23-39(11-5,12-6)24-22-30-27-33(19-15-9-3)36(38)34(28-30)20-16-10-4/h25-28,37-38H,7-24H2,1-6H3. The van der Waals surface area contributed by atoms with Crippen molar-refractivity contribution in [3.05, 3.63) is 57.6 Å². The average Bonchev–Trinajstić information content (AvgIpc) is 2.95. The quantitative estimate of drug-likeness (QED) is 0.160. The van der Waals surface area contributed by atoms with Crippen LogP contribution in [0.15, 0.2) is 24.3 Å². The molecule has 0 saturated carbocycles. The lowest BCUT2D eigenvalue weighted by Crippen LogP contribution is -2.33. The van der Waals surface area contributed by atoms with E-state index >= 15 is 0 Å². The van der Waals surface area contributed by atoms with E-state index in [2.05, 4.69) is 65.8 Å². The lowest BCUT2D eigenvalue weighted by atomic mass is 9.96. The predicted octanol–water partition coefficient (Wildman–Crippen LogP) is 10.7. The van der Waals surface area contributed by atoms with E-state index in [1.165, 1.54) is 57.6 Å². The minimum absolute atomic E-state index is 0.570. The molecule has 2 nitrogen and oxygen atoms in total. The third kappa shape index (κ3) is 10.3. The predicted molar refractivity (Wildman–Crippen MR) is 174 cm³/mol. The molecule has 220 valence electrons. The van der Waals surface area contributed by atoms with Crippen molar-refractivity contribution < 1.29 is 10.2 Å². The highest BCUT2D eigenvalue weighted by molar-refractivity contribution is 6.79. The molecule has 0 fully saturated rings. The van der Waals surface area contributed by atoms with Crippen molar-refractivity contribution in [2.24, 2.45) is 0 Å². The first-order valence-electron chi connectivity index (χ1n) is 16.5. The fourth-order valence-electron chi connectivity index (χ4n) is 6.09. The van der Waals surface area contributed by atoms with E-state index < -0.39 is 8.07 Å². The van der Waals surface area contributed by atoms with Gasteiger partial charge in [-0.1, -0.05) is 116 Å². The number of phenols is 2. The van der Waals surface area contributed by atoms with Crippen molar-refractivity contribution in [1.29, 1.82) is 0 Å². The maximum absolute atomic E-state index is 11.0. The van der Waals surface area contributed by atoms with E-state index in [1.54, 1.807) is 0 Å². The topological polar surface area (TPSA) is 40.5 Å². The van der Waals surface area contributed by atoms with Gasteiger partial charge < -0.3 is 10.2 Å². The molecule has 0 saturated heterocycles. The fraction of sp³-hybridized carbons (Fsp3) is 0.667. The second-order valence-electron chi connectivity index (χ2n) is 12.1. The molecule has 0 atom stereocenters. The minimum atomic E-state index is -1.43. The Morgan fingerprint density at radius 1 is 0.462 bits per heavy atom. The van der Waals surface area contributed by atoms with Crippen LogP contribution in [0.5, 0.6) is 11.5 Å². The number of hydrogen-bond acceptors (Lipinski definition) is 2. The Bertz CT molecular complexity index is 843. The van der Waals surface area contributed by atoms with Crippen LogP contribution < -0.4 is 0 Å². The summed E-state index contributed by atoms with van der Waals surface area (Å²) in [4.78, 5) is 0. The number of aromatic hydroxyl groups is 2. The van der Waals surface area contributed by atoms with Gasteiger partial charge in [-0.2, -0.15) is 0 Å². The van der Waals surface area contributed by atoms with Gasteiger partial charge in [0.25, 0.3) is 0 Å². The Kier molecular flexibility index (Phi) is 15.3. The minimum Gasteiger partial charge on any atom is -0.507 e. The lowest BCUT2D eigenvalue weighted by Gasteiger charge is -2.30. The molecule has 0 bridgehead atoms. The zero-order valence-electron chi connectivity index (χ0n) is 26.4. The first-order valence-corrected chi connectivity index (χ1v) is 19.4. The van der Waals surface area contributed by atoms with Crippen molar-refractivity contribution in [3.8, 4) is 11.5 Å². The highest BCUT2D eigenvalue weighted by Gasteiger charge is 2.28. The molecule has 2 rings (SSSR count). The van der Waals surface area contributed by atoms with E-state index in [0.29, 0.717) is 11.5 Å². The summed E-state index contributed by atoms with van der Waals surface area (Å²) in [6.45, 7) is 13.8. The Balaban J connectivity index is 2.23. The summed E-state index contributed by atoms with van der Waals surface area (Å²) in [5.74, 6) is 1.14. The lowest BCUT2D eigenvalue weighted by molar-refractivity contribution is 0.458. The van der Waals surface area contributed by atoms with E-state index in [-0.39, 0.29) is 0 Å². The molecule has 0 heterocycles. The zero-order chi connectivity index (χ0) is 28.7. The van der Waals surface area contributed by atoms with E-state index in [1.807, 2.05) is 0 Å².